The van der Waals surface area contributed by atoms with Gasteiger partial charge in [0.15, 0.2) is 6.19 Å². The standard InChI is InChI=1S/C17H24N4O3S/c1-12-5-6-13(19-16(22)17(2,3)4)9-15(12)25(23,24)20-14-7-8-21(10-14)11-18/h5-6,9,14,20H,7-8,10H2,1-4H3,(H,19,22). The van der Waals surface area contributed by atoms with Crippen molar-refractivity contribution in [1.29, 1.82) is 5.26 Å². The molecule has 1 unspecified atom stereocenters. The Balaban J connectivity index is 2.21. The van der Waals surface area contributed by atoms with Crippen LogP contribution in [-0.4, -0.2) is 38.4 Å². The van der Waals surface area contributed by atoms with E-state index in [1.165, 1.54) is 11.0 Å². The lowest BCUT2D eigenvalue weighted by atomic mass is 9.95. The van der Waals surface area contributed by atoms with Crippen LogP contribution in [0.3, 0.4) is 0 Å². The predicted molar refractivity (Wildman–Crippen MR) is 95.2 cm³/mol. The summed E-state index contributed by atoms with van der Waals surface area (Å²) in [5, 5.41) is 11.6. The van der Waals surface area contributed by atoms with Crippen LogP contribution in [0, 0.1) is 23.8 Å². The minimum absolute atomic E-state index is 0.134. The minimum atomic E-state index is -3.74. The summed E-state index contributed by atoms with van der Waals surface area (Å²) in [7, 11) is -3.74. The van der Waals surface area contributed by atoms with Gasteiger partial charge in [0.2, 0.25) is 15.9 Å². The predicted octanol–water partition coefficient (Wildman–Crippen LogP) is 1.81. The van der Waals surface area contributed by atoms with Crippen molar-refractivity contribution in [3.05, 3.63) is 23.8 Å². The summed E-state index contributed by atoms with van der Waals surface area (Å²) >= 11 is 0. The molecule has 1 aliphatic heterocycles. The van der Waals surface area contributed by atoms with E-state index in [-0.39, 0.29) is 16.8 Å². The number of likely N-dealkylation sites (tertiary alicyclic amines) is 1. The van der Waals surface area contributed by atoms with Crippen molar-refractivity contribution < 1.29 is 13.2 Å². The second-order valence-corrected chi connectivity index (χ2v) is 9.02. The summed E-state index contributed by atoms with van der Waals surface area (Å²) in [4.78, 5) is 13.8. The number of rotatable bonds is 4. The molecule has 0 aromatic heterocycles. The highest BCUT2D eigenvalue weighted by Gasteiger charge is 2.28. The quantitative estimate of drug-likeness (QED) is 0.793. The van der Waals surface area contributed by atoms with Gasteiger partial charge in [-0.2, -0.15) is 5.26 Å². The topological polar surface area (TPSA) is 102 Å². The summed E-state index contributed by atoms with van der Waals surface area (Å²) in [5.41, 5.74) is 0.458. The fourth-order valence-corrected chi connectivity index (χ4v) is 4.05. The van der Waals surface area contributed by atoms with E-state index in [2.05, 4.69) is 10.0 Å². The van der Waals surface area contributed by atoms with Gasteiger partial charge in [-0.05, 0) is 31.0 Å². The summed E-state index contributed by atoms with van der Waals surface area (Å²) in [6.45, 7) is 7.99. The van der Waals surface area contributed by atoms with E-state index in [0.29, 0.717) is 30.8 Å². The third-order valence-electron chi connectivity index (χ3n) is 4.07. The normalized spacial score (nSPS) is 18.0. The lowest BCUT2D eigenvalue weighted by Gasteiger charge is -2.19. The highest BCUT2D eigenvalue weighted by Crippen LogP contribution is 2.23. The van der Waals surface area contributed by atoms with E-state index in [4.69, 9.17) is 5.26 Å². The highest BCUT2D eigenvalue weighted by atomic mass is 32.2. The fraction of sp³-hybridized carbons (Fsp3) is 0.529. The van der Waals surface area contributed by atoms with Gasteiger partial charge in [-0.1, -0.05) is 26.8 Å². The van der Waals surface area contributed by atoms with Gasteiger partial charge in [-0.25, -0.2) is 13.1 Å². The summed E-state index contributed by atoms with van der Waals surface area (Å²) in [6.07, 6.45) is 2.62. The van der Waals surface area contributed by atoms with E-state index >= 15 is 0 Å². The summed E-state index contributed by atoms with van der Waals surface area (Å²) in [5.74, 6) is -0.187. The van der Waals surface area contributed by atoms with E-state index in [0.717, 1.165) is 0 Å². The number of carbonyl (C=O) groups excluding carboxylic acids is 1. The van der Waals surface area contributed by atoms with E-state index in [1.54, 1.807) is 39.8 Å². The van der Waals surface area contributed by atoms with Gasteiger partial charge in [0, 0.05) is 30.2 Å². The first kappa shape index (κ1) is 19.2. The van der Waals surface area contributed by atoms with Gasteiger partial charge < -0.3 is 10.2 Å². The summed E-state index contributed by atoms with van der Waals surface area (Å²) in [6, 6.07) is 4.53. The number of carbonyl (C=O) groups is 1. The van der Waals surface area contributed by atoms with Crippen LogP contribution in [0.2, 0.25) is 0 Å². The molecule has 2 rings (SSSR count). The molecule has 1 fully saturated rings. The number of sulfonamides is 1. The van der Waals surface area contributed by atoms with Gasteiger partial charge >= 0.3 is 0 Å². The Morgan fingerprint density at radius 2 is 2.04 bits per heavy atom. The van der Waals surface area contributed by atoms with Crippen molar-refractivity contribution in [2.45, 2.75) is 45.1 Å². The monoisotopic (exact) mass is 364 g/mol. The van der Waals surface area contributed by atoms with Gasteiger partial charge in [-0.3, -0.25) is 4.79 Å². The molecule has 1 atom stereocenters. The molecular formula is C17H24N4O3S. The first-order valence-electron chi connectivity index (χ1n) is 8.12. The summed E-state index contributed by atoms with van der Waals surface area (Å²) < 4.78 is 28.1. The average Bonchev–Trinajstić information content (AvgIpc) is 2.94. The SMILES string of the molecule is Cc1ccc(NC(=O)C(C)(C)C)cc1S(=O)(=O)NC1CCN(C#N)C1. The number of benzene rings is 1. The number of nitriles is 1. The van der Waals surface area contributed by atoms with Crippen molar-refractivity contribution >= 4 is 21.6 Å². The Hall–Kier alpha value is -2.11. The third kappa shape index (κ3) is 4.71. The number of anilines is 1. The second kappa shape index (κ2) is 7.02. The van der Waals surface area contributed by atoms with Crippen LogP contribution in [0.1, 0.15) is 32.8 Å². The zero-order valence-electron chi connectivity index (χ0n) is 15.0. The van der Waals surface area contributed by atoms with Crippen molar-refractivity contribution in [3.8, 4) is 6.19 Å². The number of nitrogens with zero attached hydrogens (tertiary/aromatic N) is 2. The molecule has 2 N–H and O–H groups in total. The van der Waals surface area contributed by atoms with Gasteiger partial charge in [0.05, 0.1) is 4.90 Å². The number of amides is 1. The van der Waals surface area contributed by atoms with Crippen molar-refractivity contribution in [1.82, 2.24) is 9.62 Å². The molecule has 7 nitrogen and oxygen atoms in total. The van der Waals surface area contributed by atoms with Crippen molar-refractivity contribution in [2.75, 3.05) is 18.4 Å². The average molecular weight is 364 g/mol. The molecular weight excluding hydrogens is 340 g/mol. The van der Waals surface area contributed by atoms with Crippen LogP contribution >= 0.6 is 0 Å². The lowest BCUT2D eigenvalue weighted by molar-refractivity contribution is -0.123. The van der Waals surface area contributed by atoms with Gasteiger partial charge in [0.1, 0.15) is 0 Å². The molecule has 0 saturated carbocycles. The number of hydrogen-bond donors (Lipinski definition) is 2. The molecule has 0 bridgehead atoms. The van der Waals surface area contributed by atoms with Crippen molar-refractivity contribution in [3.63, 3.8) is 0 Å². The Morgan fingerprint density at radius 3 is 2.60 bits per heavy atom. The van der Waals surface area contributed by atoms with Crippen LogP contribution in [0.4, 0.5) is 5.69 Å². The van der Waals surface area contributed by atoms with Gasteiger partial charge in [-0.15, -0.1) is 0 Å². The first-order valence-corrected chi connectivity index (χ1v) is 9.60. The highest BCUT2D eigenvalue weighted by molar-refractivity contribution is 7.89. The number of nitrogens with one attached hydrogen (secondary N) is 2. The van der Waals surface area contributed by atoms with Crippen LogP contribution in [0.15, 0.2) is 23.1 Å². The van der Waals surface area contributed by atoms with Crippen LogP contribution in [0.5, 0.6) is 0 Å². The maximum absolute atomic E-state index is 12.7. The molecule has 1 aliphatic rings. The van der Waals surface area contributed by atoms with E-state index < -0.39 is 15.4 Å². The molecule has 0 aliphatic carbocycles. The Morgan fingerprint density at radius 1 is 1.36 bits per heavy atom. The largest absolute Gasteiger partial charge is 0.326 e. The van der Waals surface area contributed by atoms with E-state index in [1.807, 2.05) is 6.19 Å². The fourth-order valence-electron chi connectivity index (χ4n) is 2.52. The molecule has 1 saturated heterocycles. The van der Waals surface area contributed by atoms with Gasteiger partial charge in [0.25, 0.3) is 0 Å². The third-order valence-corrected chi connectivity index (χ3v) is 5.73. The Bertz CT molecular complexity index is 806. The smallest absolute Gasteiger partial charge is 0.241 e. The van der Waals surface area contributed by atoms with Crippen LogP contribution in [0.25, 0.3) is 0 Å². The molecule has 136 valence electrons. The van der Waals surface area contributed by atoms with Crippen molar-refractivity contribution in [2.24, 2.45) is 5.41 Å². The first-order chi connectivity index (χ1) is 11.5. The maximum atomic E-state index is 12.7. The Labute approximate surface area is 149 Å². The molecule has 0 spiro atoms. The molecule has 1 aromatic rings. The van der Waals surface area contributed by atoms with Crippen LogP contribution in [-0.2, 0) is 14.8 Å². The molecule has 25 heavy (non-hydrogen) atoms. The zero-order valence-corrected chi connectivity index (χ0v) is 15.8. The lowest BCUT2D eigenvalue weighted by Crippen LogP contribution is -2.36. The number of aryl methyl sites for hydroxylation is 1. The minimum Gasteiger partial charge on any atom is -0.326 e. The molecule has 1 amide bonds. The molecule has 0 radical (unpaired) electrons. The molecule has 1 heterocycles. The van der Waals surface area contributed by atoms with Crippen LogP contribution < -0.4 is 10.0 Å². The second-order valence-electron chi connectivity index (χ2n) is 7.34. The molecule has 1 aromatic carbocycles. The van der Waals surface area contributed by atoms with E-state index in [9.17, 15) is 13.2 Å². The maximum Gasteiger partial charge on any atom is 0.241 e. The molecule has 8 heteroatoms. The zero-order chi connectivity index (χ0) is 18.8. The number of hydrogen-bond acceptors (Lipinski definition) is 5. The Kier molecular flexibility index (Phi) is 5.40.